The zero-order valence-corrected chi connectivity index (χ0v) is 11.3. The second kappa shape index (κ2) is 5.67. The lowest BCUT2D eigenvalue weighted by Crippen LogP contribution is -2.32. The van der Waals surface area contributed by atoms with Crippen molar-refractivity contribution in [1.82, 2.24) is 0 Å². The van der Waals surface area contributed by atoms with E-state index in [1.54, 1.807) is 21.3 Å². The van der Waals surface area contributed by atoms with Crippen molar-refractivity contribution in [3.05, 3.63) is 29.8 Å². The van der Waals surface area contributed by atoms with E-state index in [4.69, 9.17) is 14.2 Å². The van der Waals surface area contributed by atoms with Crippen molar-refractivity contribution in [3.8, 4) is 5.75 Å². The summed E-state index contributed by atoms with van der Waals surface area (Å²) in [6, 6.07) is 7.69. The second-order valence-corrected chi connectivity index (χ2v) is 3.79. The normalized spacial score (nSPS) is 11.5. The van der Waals surface area contributed by atoms with Crippen LogP contribution in [0.5, 0.6) is 5.75 Å². The molecule has 0 atom stereocenters. The van der Waals surface area contributed by atoms with E-state index in [0.717, 1.165) is 15.7 Å². The number of methoxy groups -OCH3 is 3. The standard InChI is InChI=1S/C11H15IO3/c1-13-10-6-4-9(5-7-10)11(8-12,14-2)15-3/h4-7H,8H2,1-3H3. The summed E-state index contributed by atoms with van der Waals surface area (Å²) < 4.78 is 16.7. The Bertz CT molecular complexity index is 285. The average Bonchev–Trinajstić information content (AvgIpc) is 2.33. The van der Waals surface area contributed by atoms with Crippen LogP contribution in [-0.4, -0.2) is 25.8 Å². The molecule has 1 aromatic rings. The van der Waals surface area contributed by atoms with Crippen LogP contribution in [-0.2, 0) is 15.3 Å². The fraction of sp³-hybridized carbons (Fsp3) is 0.455. The molecule has 0 spiro atoms. The van der Waals surface area contributed by atoms with Crippen LogP contribution in [0.4, 0.5) is 0 Å². The van der Waals surface area contributed by atoms with E-state index in [0.29, 0.717) is 0 Å². The molecular weight excluding hydrogens is 307 g/mol. The summed E-state index contributed by atoms with van der Waals surface area (Å²) in [5.74, 6) is 0.167. The molecule has 0 saturated heterocycles. The van der Waals surface area contributed by atoms with E-state index in [1.165, 1.54) is 0 Å². The molecule has 4 heteroatoms. The van der Waals surface area contributed by atoms with Crippen LogP contribution in [0.3, 0.4) is 0 Å². The smallest absolute Gasteiger partial charge is 0.203 e. The Balaban J connectivity index is 3.01. The highest BCUT2D eigenvalue weighted by atomic mass is 127. The minimum Gasteiger partial charge on any atom is -0.497 e. The Morgan fingerprint density at radius 3 is 1.93 bits per heavy atom. The molecule has 0 aliphatic rings. The third-order valence-corrected chi connectivity index (χ3v) is 3.37. The first-order valence-corrected chi connectivity index (χ1v) is 6.05. The zero-order chi connectivity index (χ0) is 11.3. The predicted molar refractivity (Wildman–Crippen MR) is 67.6 cm³/mol. The molecule has 0 aliphatic heterocycles. The summed E-state index contributed by atoms with van der Waals surface area (Å²) in [6.45, 7) is 0. The molecule has 0 fully saturated rings. The Kier molecular flexibility index (Phi) is 4.82. The SMILES string of the molecule is COc1ccc(C(CI)(OC)OC)cc1. The third kappa shape index (κ3) is 2.62. The maximum atomic E-state index is 5.43. The number of benzene rings is 1. The van der Waals surface area contributed by atoms with E-state index >= 15 is 0 Å². The summed E-state index contributed by atoms with van der Waals surface area (Å²) in [5, 5.41) is 0. The van der Waals surface area contributed by atoms with Crippen LogP contribution < -0.4 is 4.74 Å². The highest BCUT2D eigenvalue weighted by molar-refractivity contribution is 14.1. The maximum absolute atomic E-state index is 5.43. The van der Waals surface area contributed by atoms with E-state index < -0.39 is 5.79 Å². The van der Waals surface area contributed by atoms with Gasteiger partial charge in [-0.1, -0.05) is 22.6 Å². The van der Waals surface area contributed by atoms with E-state index in [2.05, 4.69) is 22.6 Å². The lowest BCUT2D eigenvalue weighted by Gasteiger charge is -2.29. The quantitative estimate of drug-likeness (QED) is 0.474. The topological polar surface area (TPSA) is 27.7 Å². The van der Waals surface area contributed by atoms with Gasteiger partial charge in [0.2, 0.25) is 5.79 Å². The molecule has 0 aliphatic carbocycles. The minimum absolute atomic E-state index is 0.660. The van der Waals surface area contributed by atoms with Gasteiger partial charge < -0.3 is 14.2 Å². The van der Waals surface area contributed by atoms with Gasteiger partial charge in [-0.15, -0.1) is 0 Å². The summed E-state index contributed by atoms with van der Waals surface area (Å²) in [5.41, 5.74) is 0.989. The first kappa shape index (κ1) is 12.7. The summed E-state index contributed by atoms with van der Waals surface area (Å²) in [4.78, 5) is 0. The Labute approximate surface area is 104 Å². The van der Waals surface area contributed by atoms with Crippen LogP contribution in [0.1, 0.15) is 5.56 Å². The molecule has 0 unspecified atom stereocenters. The molecule has 0 aromatic heterocycles. The fourth-order valence-corrected chi connectivity index (χ4v) is 2.41. The predicted octanol–water partition coefficient (Wildman–Crippen LogP) is 2.58. The summed E-state index contributed by atoms with van der Waals surface area (Å²) in [6.07, 6.45) is 0. The number of alkyl halides is 1. The third-order valence-electron chi connectivity index (χ3n) is 2.37. The number of hydrogen-bond acceptors (Lipinski definition) is 3. The van der Waals surface area contributed by atoms with Crippen molar-refractivity contribution in [3.63, 3.8) is 0 Å². The molecule has 84 valence electrons. The van der Waals surface area contributed by atoms with Crippen LogP contribution in [0.15, 0.2) is 24.3 Å². The Hall–Kier alpha value is -0.330. The van der Waals surface area contributed by atoms with E-state index in [-0.39, 0.29) is 0 Å². The average molecular weight is 322 g/mol. The van der Waals surface area contributed by atoms with Crippen molar-refractivity contribution in [2.75, 3.05) is 25.8 Å². The van der Waals surface area contributed by atoms with Gasteiger partial charge in [-0.25, -0.2) is 0 Å². The molecule has 0 radical (unpaired) electrons. The van der Waals surface area contributed by atoms with Crippen molar-refractivity contribution < 1.29 is 14.2 Å². The fourth-order valence-electron chi connectivity index (χ4n) is 1.35. The summed E-state index contributed by atoms with van der Waals surface area (Å²) >= 11 is 2.24. The Morgan fingerprint density at radius 2 is 1.60 bits per heavy atom. The van der Waals surface area contributed by atoms with Crippen LogP contribution >= 0.6 is 22.6 Å². The van der Waals surface area contributed by atoms with E-state index in [1.807, 2.05) is 24.3 Å². The number of ether oxygens (including phenoxy) is 3. The highest BCUT2D eigenvalue weighted by Gasteiger charge is 2.30. The monoisotopic (exact) mass is 322 g/mol. The largest absolute Gasteiger partial charge is 0.497 e. The number of halogens is 1. The van der Waals surface area contributed by atoms with Gasteiger partial charge in [0, 0.05) is 19.8 Å². The van der Waals surface area contributed by atoms with Crippen molar-refractivity contribution in [1.29, 1.82) is 0 Å². The first-order chi connectivity index (χ1) is 7.22. The van der Waals surface area contributed by atoms with Crippen molar-refractivity contribution >= 4 is 22.6 Å². The molecule has 0 heterocycles. The molecule has 15 heavy (non-hydrogen) atoms. The van der Waals surface area contributed by atoms with Gasteiger partial charge in [-0.3, -0.25) is 0 Å². The van der Waals surface area contributed by atoms with Gasteiger partial charge in [0.1, 0.15) is 5.75 Å². The van der Waals surface area contributed by atoms with Gasteiger partial charge in [0.25, 0.3) is 0 Å². The highest BCUT2D eigenvalue weighted by Crippen LogP contribution is 2.29. The molecular formula is C11H15IO3. The zero-order valence-electron chi connectivity index (χ0n) is 9.12. The lowest BCUT2D eigenvalue weighted by atomic mass is 10.1. The molecule has 3 nitrogen and oxygen atoms in total. The summed E-state index contributed by atoms with van der Waals surface area (Å²) in [7, 11) is 4.94. The van der Waals surface area contributed by atoms with Gasteiger partial charge in [0.05, 0.1) is 11.5 Å². The Morgan fingerprint density at radius 1 is 1.07 bits per heavy atom. The molecule has 0 N–H and O–H groups in total. The van der Waals surface area contributed by atoms with Crippen LogP contribution in [0, 0.1) is 0 Å². The van der Waals surface area contributed by atoms with Crippen molar-refractivity contribution in [2.24, 2.45) is 0 Å². The second-order valence-electron chi connectivity index (χ2n) is 3.02. The maximum Gasteiger partial charge on any atom is 0.203 e. The first-order valence-electron chi connectivity index (χ1n) is 4.53. The van der Waals surface area contributed by atoms with Gasteiger partial charge >= 0.3 is 0 Å². The molecule has 1 aromatic carbocycles. The van der Waals surface area contributed by atoms with Gasteiger partial charge in [-0.05, 0) is 24.3 Å². The van der Waals surface area contributed by atoms with Crippen LogP contribution in [0.2, 0.25) is 0 Å². The molecule has 0 amide bonds. The number of rotatable bonds is 5. The van der Waals surface area contributed by atoms with E-state index in [9.17, 15) is 0 Å². The lowest BCUT2D eigenvalue weighted by molar-refractivity contribution is -0.195. The minimum atomic E-state index is -0.660. The molecule has 0 saturated carbocycles. The van der Waals surface area contributed by atoms with Crippen molar-refractivity contribution in [2.45, 2.75) is 5.79 Å². The van der Waals surface area contributed by atoms with Gasteiger partial charge in [-0.2, -0.15) is 0 Å². The molecule has 1 rings (SSSR count). The van der Waals surface area contributed by atoms with Gasteiger partial charge in [0.15, 0.2) is 0 Å². The number of hydrogen-bond donors (Lipinski definition) is 0. The molecule has 0 bridgehead atoms. The van der Waals surface area contributed by atoms with Crippen LogP contribution in [0.25, 0.3) is 0 Å².